The lowest BCUT2D eigenvalue weighted by molar-refractivity contribution is -0.0607. The average Bonchev–Trinajstić information content (AvgIpc) is 3.11. The van der Waals surface area contributed by atoms with Gasteiger partial charge in [-0.2, -0.15) is 0 Å². The van der Waals surface area contributed by atoms with Crippen molar-refractivity contribution in [2.75, 3.05) is 5.73 Å². The third-order valence-corrected chi connectivity index (χ3v) is 8.71. The largest absolute Gasteiger partial charge is 0.387 e. The van der Waals surface area contributed by atoms with Gasteiger partial charge in [-0.15, -0.1) is 0 Å². The summed E-state index contributed by atoms with van der Waals surface area (Å²) in [5.41, 5.74) is 6.59. The zero-order chi connectivity index (χ0) is 14.6. The maximum absolute atomic E-state index is 10.3. The minimum Gasteiger partial charge on any atom is -0.387 e. The number of aliphatic hydroxyl groups is 2. The molecule has 1 spiro atoms. The molecular weight excluding hydrogens is 317 g/mol. The molecule has 11 heteroatoms. The third-order valence-electron chi connectivity index (χ3n) is 4.30. The highest BCUT2D eigenvalue weighted by Gasteiger charge is 2.94. The summed E-state index contributed by atoms with van der Waals surface area (Å²) in [6.45, 7) is 0. The number of fused-ring (bicyclic) bond motifs is 4. The van der Waals surface area contributed by atoms with Gasteiger partial charge in [0.2, 0.25) is 0 Å². The van der Waals surface area contributed by atoms with E-state index in [1.165, 1.54) is 17.2 Å². The van der Waals surface area contributed by atoms with Crippen LogP contribution < -0.4 is 5.73 Å². The van der Waals surface area contributed by atoms with Crippen LogP contribution in [0.3, 0.4) is 0 Å². The second-order valence-electron chi connectivity index (χ2n) is 5.33. The van der Waals surface area contributed by atoms with E-state index >= 15 is 0 Å². The quantitative estimate of drug-likeness (QED) is 0.451. The summed E-state index contributed by atoms with van der Waals surface area (Å²) in [7, 11) is 0. The number of aliphatic hydroxyl groups excluding tert-OH is 2. The minimum atomic E-state index is -2.09. The third kappa shape index (κ3) is 1.20. The van der Waals surface area contributed by atoms with E-state index in [-0.39, 0.29) is 11.7 Å². The first-order valence-electron chi connectivity index (χ1n) is 6.26. The molecule has 2 aromatic heterocycles. The normalized spacial score (nSPS) is 47.0. The molecule has 3 aliphatic heterocycles. The fourth-order valence-corrected chi connectivity index (χ4v) is 7.51. The van der Waals surface area contributed by atoms with E-state index < -0.39 is 30.0 Å². The first-order chi connectivity index (χ1) is 10.0. The number of nitrogens with two attached hydrogens (primary N) is 1. The molecule has 110 valence electrons. The molecule has 3 aliphatic rings. The Bertz CT molecular complexity index is 844. The molecule has 2 unspecified atom stereocenters. The Labute approximate surface area is 122 Å². The van der Waals surface area contributed by atoms with Crippen molar-refractivity contribution in [1.29, 1.82) is 0 Å². The van der Waals surface area contributed by atoms with Crippen LogP contribution in [0, 0.1) is 0 Å². The average molecular weight is 327 g/mol. The predicted octanol–water partition coefficient (Wildman–Crippen LogP) is -0.880. The summed E-state index contributed by atoms with van der Waals surface area (Å²) in [5, 5.41) is 19.7. The Hall–Kier alpha value is -1.16. The van der Waals surface area contributed by atoms with E-state index in [0.717, 1.165) is 0 Å². The summed E-state index contributed by atoms with van der Waals surface area (Å²) in [6, 6.07) is 0. The van der Waals surface area contributed by atoms with Crippen LogP contribution in [-0.2, 0) is 21.1 Å². The number of hydrogen-bond donors (Lipinski definition) is 3. The maximum Gasteiger partial charge on any atom is 0.185 e. The Morgan fingerprint density at radius 2 is 2.14 bits per heavy atom. The van der Waals surface area contributed by atoms with E-state index in [1.54, 1.807) is 0 Å². The lowest BCUT2D eigenvalue weighted by atomic mass is 10.1. The highest BCUT2D eigenvalue weighted by atomic mass is 32.5. The molecule has 4 N–H and O–H groups in total. The molecule has 0 aliphatic carbocycles. The molecular formula is C10H10N5O4PS. The Morgan fingerprint density at radius 1 is 1.38 bits per heavy atom. The van der Waals surface area contributed by atoms with E-state index in [0.29, 0.717) is 11.2 Å². The minimum absolute atomic E-state index is 0.232. The van der Waals surface area contributed by atoms with Gasteiger partial charge in [0.05, 0.1) is 6.33 Å². The number of anilines is 1. The van der Waals surface area contributed by atoms with Gasteiger partial charge < -0.3 is 25.2 Å². The lowest BCUT2D eigenvalue weighted by Crippen LogP contribution is -2.36. The summed E-state index contributed by atoms with van der Waals surface area (Å²) >= 11 is 5.33. The van der Waals surface area contributed by atoms with Gasteiger partial charge in [-0.25, -0.2) is 15.0 Å². The number of rotatable bonds is 1. The van der Waals surface area contributed by atoms with Gasteiger partial charge in [0.25, 0.3) is 0 Å². The standard InChI is InChI=1S/C10H10N5O4PS/c11-6-3-7(13-1-12-6)15(2-14-3)8-4(16)5(17)10(18-8)9-19-20(9,10)21/h1-2,4-5,8-9,16-17H,(H2,11,12,13)/t4-,5+,8-,9?,10-,20?/m1/s1. The van der Waals surface area contributed by atoms with Crippen molar-refractivity contribution >= 4 is 35.1 Å². The van der Waals surface area contributed by atoms with Crippen LogP contribution in [0.5, 0.6) is 0 Å². The van der Waals surface area contributed by atoms with Gasteiger partial charge in [-0.1, -0.05) is 11.8 Å². The van der Waals surface area contributed by atoms with Crippen LogP contribution in [0.1, 0.15) is 6.23 Å². The lowest BCUT2D eigenvalue weighted by Gasteiger charge is -2.18. The van der Waals surface area contributed by atoms with Crippen molar-refractivity contribution in [2.24, 2.45) is 0 Å². The molecule has 5 rings (SSSR count). The molecule has 0 amide bonds. The zero-order valence-electron chi connectivity index (χ0n) is 10.4. The smallest absolute Gasteiger partial charge is 0.185 e. The molecule has 9 nitrogen and oxygen atoms in total. The van der Waals surface area contributed by atoms with Gasteiger partial charge in [0.1, 0.15) is 30.3 Å². The van der Waals surface area contributed by atoms with Crippen molar-refractivity contribution in [3.63, 3.8) is 0 Å². The van der Waals surface area contributed by atoms with Crippen LogP contribution in [-0.4, -0.2) is 53.1 Å². The number of aromatic nitrogens is 4. The van der Waals surface area contributed by atoms with Gasteiger partial charge in [-0.05, 0) is 0 Å². The van der Waals surface area contributed by atoms with Crippen LogP contribution in [0.2, 0.25) is 0 Å². The summed E-state index contributed by atoms with van der Waals surface area (Å²) in [6.07, 6.45) is -2.35. The summed E-state index contributed by atoms with van der Waals surface area (Å²) in [5.74, 6) is 0.00970. The molecule has 0 radical (unpaired) electrons. The Morgan fingerprint density at radius 3 is 2.76 bits per heavy atom. The number of ether oxygens (including phenoxy) is 1. The van der Waals surface area contributed by atoms with E-state index in [4.69, 9.17) is 26.8 Å². The van der Waals surface area contributed by atoms with Crippen LogP contribution >= 0.6 is 6.26 Å². The number of nitrogens with zero attached hydrogens (tertiary/aromatic N) is 4. The Kier molecular flexibility index (Phi) is 2.02. The maximum atomic E-state index is 10.3. The van der Waals surface area contributed by atoms with E-state index in [1.807, 2.05) is 0 Å². The second kappa shape index (κ2) is 3.43. The van der Waals surface area contributed by atoms with Gasteiger partial charge in [0, 0.05) is 0 Å². The first kappa shape index (κ1) is 12.4. The molecule has 5 heterocycles. The molecule has 0 saturated carbocycles. The highest BCUT2D eigenvalue weighted by Crippen LogP contribution is 3.01. The second-order valence-corrected chi connectivity index (χ2v) is 9.53. The molecule has 3 saturated heterocycles. The number of hydrogen-bond acceptors (Lipinski definition) is 9. The molecule has 0 aromatic carbocycles. The zero-order valence-corrected chi connectivity index (χ0v) is 12.1. The van der Waals surface area contributed by atoms with Crippen LogP contribution in [0.15, 0.2) is 12.7 Å². The molecule has 2 aromatic rings. The fraction of sp³-hybridized carbons (Fsp3) is 0.500. The Balaban J connectivity index is 1.61. The van der Waals surface area contributed by atoms with Gasteiger partial charge in [-0.3, -0.25) is 4.57 Å². The predicted molar refractivity (Wildman–Crippen MR) is 73.8 cm³/mol. The first-order valence-corrected chi connectivity index (χ1v) is 9.05. The van der Waals surface area contributed by atoms with Gasteiger partial charge >= 0.3 is 0 Å². The topological polar surface area (TPSA) is 132 Å². The van der Waals surface area contributed by atoms with Crippen LogP contribution in [0.25, 0.3) is 11.2 Å². The highest BCUT2D eigenvalue weighted by molar-refractivity contribution is 8.20. The van der Waals surface area contributed by atoms with E-state index in [9.17, 15) is 10.2 Å². The monoisotopic (exact) mass is 327 g/mol. The van der Waals surface area contributed by atoms with Crippen molar-refractivity contribution in [3.8, 4) is 0 Å². The van der Waals surface area contributed by atoms with Crippen molar-refractivity contribution in [1.82, 2.24) is 19.5 Å². The van der Waals surface area contributed by atoms with E-state index in [2.05, 4.69) is 15.0 Å². The molecule has 3 fully saturated rings. The molecule has 0 bridgehead atoms. The van der Waals surface area contributed by atoms with Crippen molar-refractivity contribution in [2.45, 2.75) is 29.6 Å². The fourth-order valence-electron chi connectivity index (χ4n) is 3.04. The SMILES string of the molecule is Nc1ncnc2c1ncn2[C@@H]1O[C@]2(C3OP32=S)[C@@H](O)[C@H]1O. The van der Waals surface area contributed by atoms with Crippen LogP contribution in [0.4, 0.5) is 5.82 Å². The summed E-state index contributed by atoms with van der Waals surface area (Å²) in [4.78, 5) is 12.1. The van der Waals surface area contributed by atoms with Crippen molar-refractivity contribution in [3.05, 3.63) is 12.7 Å². The summed E-state index contributed by atoms with van der Waals surface area (Å²) < 4.78 is 12.7. The number of imidazole rings is 1. The van der Waals surface area contributed by atoms with Crippen molar-refractivity contribution < 1.29 is 19.5 Å². The molecule has 6 atom stereocenters. The molecule has 21 heavy (non-hydrogen) atoms. The van der Waals surface area contributed by atoms with Gasteiger partial charge in [0.15, 0.2) is 28.9 Å². The number of nitrogen functional groups attached to an aromatic ring is 1.